The van der Waals surface area contributed by atoms with Gasteiger partial charge >= 0.3 is 0 Å². The van der Waals surface area contributed by atoms with Crippen LogP contribution in [-0.4, -0.2) is 16.4 Å². The highest BCUT2D eigenvalue weighted by Gasteiger charge is 2.14. The molecule has 6 nitrogen and oxygen atoms in total. The maximum absolute atomic E-state index is 12.8. The molecule has 0 spiro atoms. The quantitative estimate of drug-likeness (QED) is 0.430. The molecule has 150 valence electrons. The smallest absolute Gasteiger partial charge is 0.299 e. The summed E-state index contributed by atoms with van der Waals surface area (Å²) in [6, 6.07) is 15.1. The first-order valence-corrected chi connectivity index (χ1v) is 9.47. The molecule has 0 bridgehead atoms. The van der Waals surface area contributed by atoms with Crippen LogP contribution in [-0.2, 0) is 5.41 Å². The normalized spacial score (nSPS) is 11.7. The zero-order valence-corrected chi connectivity index (χ0v) is 17.3. The molecule has 0 unspecified atom stereocenters. The van der Waals surface area contributed by atoms with E-state index in [0.717, 1.165) is 0 Å². The van der Waals surface area contributed by atoms with Gasteiger partial charge in [0.05, 0.1) is 17.1 Å². The number of aromatic amines is 1. The summed E-state index contributed by atoms with van der Waals surface area (Å²) in [4.78, 5) is 12.8. The maximum Gasteiger partial charge on any atom is 0.299 e. The van der Waals surface area contributed by atoms with Gasteiger partial charge in [0, 0.05) is 0 Å². The largest absolute Gasteiger partial charge is 0.490 e. The summed E-state index contributed by atoms with van der Waals surface area (Å²) in [6.45, 7) is 12.3. The van der Waals surface area contributed by atoms with E-state index < -0.39 is 0 Å². The molecule has 1 N–H and O–H groups in total. The second-order valence-corrected chi connectivity index (χ2v) is 7.82. The zero-order chi connectivity index (χ0) is 21.0. The first-order valence-electron chi connectivity index (χ1n) is 9.47. The number of azo groups is 1. The summed E-state index contributed by atoms with van der Waals surface area (Å²) in [5.41, 5.74) is 3.38. The Morgan fingerprint density at radius 2 is 1.72 bits per heavy atom. The van der Waals surface area contributed by atoms with Crippen LogP contribution in [0, 0.1) is 6.92 Å². The second-order valence-electron chi connectivity index (χ2n) is 7.82. The van der Waals surface area contributed by atoms with Crippen LogP contribution in [0.4, 0.5) is 11.4 Å². The van der Waals surface area contributed by atoms with Gasteiger partial charge in [0.1, 0.15) is 12.4 Å². The van der Waals surface area contributed by atoms with Gasteiger partial charge in [-0.2, -0.15) is 5.11 Å². The number of aromatic nitrogens is 2. The molecule has 1 aromatic heterocycles. The monoisotopic (exact) mass is 390 g/mol. The van der Waals surface area contributed by atoms with E-state index in [1.54, 1.807) is 25.1 Å². The maximum atomic E-state index is 12.8. The lowest BCUT2D eigenvalue weighted by Gasteiger charge is -2.18. The lowest BCUT2D eigenvalue weighted by atomic mass is 9.87. The van der Waals surface area contributed by atoms with Crippen LogP contribution in [0.25, 0.3) is 5.69 Å². The van der Waals surface area contributed by atoms with Gasteiger partial charge in [-0.3, -0.25) is 9.89 Å². The Labute approximate surface area is 170 Å². The van der Waals surface area contributed by atoms with E-state index in [0.29, 0.717) is 29.4 Å². The van der Waals surface area contributed by atoms with E-state index in [4.69, 9.17) is 4.74 Å². The van der Waals surface area contributed by atoms with Gasteiger partial charge in [-0.05, 0) is 54.3 Å². The number of H-pyrrole nitrogens is 1. The molecular formula is C23H26N4O2. The predicted octanol–water partition coefficient (Wildman–Crippen LogP) is 5.75. The van der Waals surface area contributed by atoms with E-state index in [1.165, 1.54) is 10.2 Å². The van der Waals surface area contributed by atoms with Gasteiger partial charge in [-0.1, -0.05) is 45.6 Å². The number of ether oxygens (including phenoxy) is 1. The van der Waals surface area contributed by atoms with E-state index >= 15 is 0 Å². The number of aryl methyl sites for hydroxylation is 1. The molecule has 29 heavy (non-hydrogen) atoms. The predicted molar refractivity (Wildman–Crippen MR) is 116 cm³/mol. The van der Waals surface area contributed by atoms with Crippen molar-refractivity contribution in [3.05, 3.63) is 82.8 Å². The average molecular weight is 390 g/mol. The molecule has 3 rings (SSSR count). The molecule has 3 aromatic rings. The third-order valence-corrected chi connectivity index (χ3v) is 4.50. The Kier molecular flexibility index (Phi) is 5.82. The Balaban J connectivity index is 1.83. The van der Waals surface area contributed by atoms with Crippen molar-refractivity contribution in [2.75, 3.05) is 6.61 Å². The van der Waals surface area contributed by atoms with Gasteiger partial charge in [-0.15, -0.1) is 5.11 Å². The fraction of sp³-hybridized carbons (Fsp3) is 0.261. The van der Waals surface area contributed by atoms with Crippen molar-refractivity contribution >= 4 is 11.4 Å². The average Bonchev–Trinajstić information content (AvgIpc) is 2.98. The van der Waals surface area contributed by atoms with E-state index in [9.17, 15) is 4.79 Å². The standard InChI is InChI=1S/C23H26N4O2/c1-6-15-29-20-13-11-19(12-14-20)27-22(28)21(16(2)26-27)25-24-18-9-7-17(8-10-18)23(3,4)5/h6-14,26H,1,15H2,2-5H3/b25-24+. The van der Waals surface area contributed by atoms with Gasteiger partial charge in [-0.25, -0.2) is 4.68 Å². The van der Waals surface area contributed by atoms with Crippen LogP contribution in [0.2, 0.25) is 0 Å². The van der Waals surface area contributed by atoms with Crippen LogP contribution in [0.3, 0.4) is 0 Å². The fourth-order valence-corrected chi connectivity index (χ4v) is 2.82. The lowest BCUT2D eigenvalue weighted by molar-refractivity contribution is 0.363. The summed E-state index contributed by atoms with van der Waals surface area (Å²) >= 11 is 0. The minimum absolute atomic E-state index is 0.0763. The summed E-state index contributed by atoms with van der Waals surface area (Å²) in [5.74, 6) is 0.712. The third-order valence-electron chi connectivity index (χ3n) is 4.50. The van der Waals surface area contributed by atoms with E-state index in [2.05, 4.69) is 42.7 Å². The molecule has 0 saturated heterocycles. The van der Waals surface area contributed by atoms with Crippen LogP contribution in [0.15, 0.2) is 76.2 Å². The molecule has 0 amide bonds. The minimum Gasteiger partial charge on any atom is -0.490 e. The molecule has 1 heterocycles. The molecule has 0 atom stereocenters. The van der Waals surface area contributed by atoms with E-state index in [-0.39, 0.29) is 16.7 Å². The number of rotatable bonds is 6. The summed E-state index contributed by atoms with van der Waals surface area (Å²) in [6.07, 6.45) is 1.68. The summed E-state index contributed by atoms with van der Waals surface area (Å²) < 4.78 is 6.92. The van der Waals surface area contributed by atoms with Crippen molar-refractivity contribution in [2.45, 2.75) is 33.1 Å². The Hall–Kier alpha value is -3.41. The van der Waals surface area contributed by atoms with Crippen molar-refractivity contribution in [2.24, 2.45) is 10.2 Å². The fourth-order valence-electron chi connectivity index (χ4n) is 2.82. The van der Waals surface area contributed by atoms with Crippen molar-refractivity contribution in [3.63, 3.8) is 0 Å². The van der Waals surface area contributed by atoms with Gasteiger partial charge < -0.3 is 4.74 Å². The van der Waals surface area contributed by atoms with Crippen molar-refractivity contribution in [3.8, 4) is 11.4 Å². The van der Waals surface area contributed by atoms with Gasteiger partial charge in [0.2, 0.25) is 0 Å². The third kappa shape index (κ3) is 4.71. The van der Waals surface area contributed by atoms with Gasteiger partial charge in [0.15, 0.2) is 5.69 Å². The Morgan fingerprint density at radius 1 is 1.07 bits per heavy atom. The number of nitrogens with one attached hydrogen (secondary N) is 1. The topological polar surface area (TPSA) is 71.7 Å². The summed E-state index contributed by atoms with van der Waals surface area (Å²) in [7, 11) is 0. The molecule has 0 aliphatic heterocycles. The molecule has 0 aliphatic rings. The van der Waals surface area contributed by atoms with Crippen LogP contribution in [0.1, 0.15) is 32.0 Å². The SMILES string of the molecule is C=CCOc1ccc(-n2[nH]c(C)c(/N=N/c3ccc(C(C)(C)C)cc3)c2=O)cc1. The van der Waals surface area contributed by atoms with Crippen LogP contribution < -0.4 is 10.3 Å². The number of hydrogen-bond donors (Lipinski definition) is 1. The summed E-state index contributed by atoms with van der Waals surface area (Å²) in [5, 5.41) is 11.5. The zero-order valence-electron chi connectivity index (χ0n) is 17.3. The number of nitrogens with zero attached hydrogens (tertiary/aromatic N) is 3. The highest BCUT2D eigenvalue weighted by atomic mass is 16.5. The highest BCUT2D eigenvalue weighted by Crippen LogP contribution is 2.25. The molecule has 0 fully saturated rings. The second kappa shape index (κ2) is 8.31. The molecule has 0 saturated carbocycles. The van der Waals surface area contributed by atoms with Crippen molar-refractivity contribution < 1.29 is 4.74 Å². The first kappa shape index (κ1) is 20.3. The van der Waals surface area contributed by atoms with Crippen molar-refractivity contribution in [1.82, 2.24) is 9.78 Å². The number of hydrogen-bond acceptors (Lipinski definition) is 4. The number of benzene rings is 2. The first-order chi connectivity index (χ1) is 13.8. The molecule has 6 heteroatoms. The Bertz CT molecular complexity index is 1070. The minimum atomic E-state index is -0.252. The Morgan fingerprint density at radius 3 is 2.31 bits per heavy atom. The van der Waals surface area contributed by atoms with Crippen molar-refractivity contribution in [1.29, 1.82) is 0 Å². The van der Waals surface area contributed by atoms with Crippen LogP contribution >= 0.6 is 0 Å². The molecule has 0 radical (unpaired) electrons. The molecular weight excluding hydrogens is 364 g/mol. The van der Waals surface area contributed by atoms with E-state index in [1.807, 2.05) is 36.4 Å². The van der Waals surface area contributed by atoms with Gasteiger partial charge in [0.25, 0.3) is 5.56 Å². The molecule has 2 aromatic carbocycles. The lowest BCUT2D eigenvalue weighted by Crippen LogP contribution is -2.13. The molecule has 0 aliphatic carbocycles. The highest BCUT2D eigenvalue weighted by molar-refractivity contribution is 5.46. The van der Waals surface area contributed by atoms with Crippen LogP contribution in [0.5, 0.6) is 5.75 Å².